The summed E-state index contributed by atoms with van der Waals surface area (Å²) in [7, 11) is 1.66. The molecule has 0 radical (unpaired) electrons. The lowest BCUT2D eigenvalue weighted by Crippen LogP contribution is -2.11. The van der Waals surface area contributed by atoms with Gasteiger partial charge in [-0.3, -0.25) is 5.32 Å². The Hall–Kier alpha value is -0.250. The molecule has 0 saturated heterocycles. The van der Waals surface area contributed by atoms with Crippen LogP contribution in [0.5, 0.6) is 5.75 Å². The minimum absolute atomic E-state index is 0.440. The Bertz CT molecular complexity index is 280. The van der Waals surface area contributed by atoms with Crippen molar-refractivity contribution in [1.82, 2.24) is 5.32 Å². The van der Waals surface area contributed by atoms with Crippen LogP contribution in [0, 0.1) is 0 Å². The smallest absolute Gasteiger partial charge is 0.123 e. The van der Waals surface area contributed by atoms with E-state index in [1.807, 2.05) is 18.2 Å². The summed E-state index contributed by atoms with van der Waals surface area (Å²) in [5.41, 5.74) is 1.09. The monoisotopic (exact) mass is 263 g/mol. The minimum atomic E-state index is 0.440. The molecule has 0 aliphatic carbocycles. The molecular formula is C9H11BrClNO. The van der Waals surface area contributed by atoms with Gasteiger partial charge in [0.1, 0.15) is 5.75 Å². The van der Waals surface area contributed by atoms with Gasteiger partial charge in [0.25, 0.3) is 0 Å². The molecule has 1 N–H and O–H groups in total. The van der Waals surface area contributed by atoms with Gasteiger partial charge >= 0.3 is 0 Å². The first-order valence-corrected chi connectivity index (χ1v) is 5.19. The van der Waals surface area contributed by atoms with Crippen molar-refractivity contribution in [2.45, 2.75) is 6.54 Å². The lowest BCUT2D eigenvalue weighted by Gasteiger charge is -2.08. The summed E-state index contributed by atoms with van der Waals surface area (Å²) >= 11 is 8.92. The van der Waals surface area contributed by atoms with Crippen LogP contribution >= 0.6 is 27.5 Å². The van der Waals surface area contributed by atoms with Gasteiger partial charge in [0.05, 0.1) is 13.1 Å². The van der Waals surface area contributed by atoms with Crippen LogP contribution in [0.15, 0.2) is 22.7 Å². The van der Waals surface area contributed by atoms with Crippen molar-refractivity contribution >= 4 is 27.5 Å². The molecule has 0 spiro atoms. The van der Waals surface area contributed by atoms with Gasteiger partial charge in [0.2, 0.25) is 0 Å². The standard InChI is InChI=1S/C9H11BrClNO/c1-13-9-3-2-8(10)4-7(9)5-12-6-11/h2-4,12H,5-6H2,1H3. The van der Waals surface area contributed by atoms with E-state index in [0.29, 0.717) is 12.5 Å². The molecule has 0 bridgehead atoms. The number of hydrogen-bond acceptors (Lipinski definition) is 2. The van der Waals surface area contributed by atoms with Gasteiger partial charge in [-0.2, -0.15) is 0 Å². The Kier molecular flexibility index (Phi) is 4.56. The van der Waals surface area contributed by atoms with Gasteiger partial charge in [0.15, 0.2) is 0 Å². The summed E-state index contributed by atoms with van der Waals surface area (Å²) in [5.74, 6) is 0.876. The Morgan fingerprint density at radius 1 is 1.54 bits per heavy atom. The molecule has 0 heterocycles. The molecule has 13 heavy (non-hydrogen) atoms. The van der Waals surface area contributed by atoms with Gasteiger partial charge in [-0.1, -0.05) is 15.9 Å². The Morgan fingerprint density at radius 2 is 2.31 bits per heavy atom. The Balaban J connectivity index is 2.81. The van der Waals surface area contributed by atoms with Crippen LogP contribution in [0.25, 0.3) is 0 Å². The minimum Gasteiger partial charge on any atom is -0.496 e. The van der Waals surface area contributed by atoms with Crippen LogP contribution in [0.1, 0.15) is 5.56 Å². The average Bonchev–Trinajstić information content (AvgIpc) is 2.15. The summed E-state index contributed by atoms with van der Waals surface area (Å²) < 4.78 is 6.23. The summed E-state index contributed by atoms with van der Waals surface area (Å²) in [5, 5.41) is 3.03. The van der Waals surface area contributed by atoms with Crippen LogP contribution in [-0.2, 0) is 6.54 Å². The number of hydrogen-bond donors (Lipinski definition) is 1. The van der Waals surface area contributed by atoms with Crippen LogP contribution in [-0.4, -0.2) is 13.1 Å². The van der Waals surface area contributed by atoms with Crippen molar-refractivity contribution in [1.29, 1.82) is 0 Å². The van der Waals surface area contributed by atoms with Crippen LogP contribution in [0.2, 0.25) is 0 Å². The van der Waals surface area contributed by atoms with Gasteiger partial charge in [-0.25, -0.2) is 0 Å². The molecule has 0 fully saturated rings. The van der Waals surface area contributed by atoms with Gasteiger partial charge < -0.3 is 4.74 Å². The van der Waals surface area contributed by atoms with Crippen LogP contribution < -0.4 is 10.1 Å². The molecule has 1 aromatic carbocycles. The summed E-state index contributed by atoms with van der Waals surface area (Å²) in [4.78, 5) is 0. The largest absolute Gasteiger partial charge is 0.496 e. The van der Waals surface area contributed by atoms with E-state index in [2.05, 4.69) is 21.2 Å². The number of ether oxygens (including phenoxy) is 1. The van der Waals surface area contributed by atoms with E-state index < -0.39 is 0 Å². The normalized spacial score (nSPS) is 10.1. The second-order valence-corrected chi connectivity index (χ2v) is 3.70. The molecule has 1 rings (SSSR count). The average molecular weight is 265 g/mol. The molecule has 0 saturated carbocycles. The van der Waals surface area contributed by atoms with Crippen molar-refractivity contribution in [3.8, 4) is 5.75 Å². The highest BCUT2D eigenvalue weighted by atomic mass is 79.9. The Labute approximate surface area is 91.4 Å². The van der Waals surface area contributed by atoms with Crippen LogP contribution in [0.3, 0.4) is 0 Å². The third kappa shape index (κ3) is 3.18. The number of rotatable bonds is 4. The zero-order chi connectivity index (χ0) is 9.68. The molecule has 4 heteroatoms. The Morgan fingerprint density at radius 3 is 2.92 bits per heavy atom. The predicted octanol–water partition coefficient (Wildman–Crippen LogP) is 2.74. The van der Waals surface area contributed by atoms with Crippen molar-refractivity contribution in [3.63, 3.8) is 0 Å². The first-order valence-electron chi connectivity index (χ1n) is 3.87. The quantitative estimate of drug-likeness (QED) is 0.667. The number of alkyl halides is 1. The highest BCUT2D eigenvalue weighted by Crippen LogP contribution is 2.22. The fourth-order valence-corrected chi connectivity index (χ4v) is 1.57. The maximum atomic E-state index is 5.52. The van der Waals surface area contributed by atoms with Crippen LogP contribution in [0.4, 0.5) is 0 Å². The molecule has 0 amide bonds. The van der Waals surface area contributed by atoms with E-state index in [1.54, 1.807) is 7.11 Å². The predicted molar refractivity (Wildman–Crippen MR) is 58.3 cm³/mol. The number of benzene rings is 1. The summed E-state index contributed by atoms with van der Waals surface area (Å²) in [6.45, 7) is 0.714. The fraction of sp³-hybridized carbons (Fsp3) is 0.333. The van der Waals surface area contributed by atoms with Crippen molar-refractivity contribution < 1.29 is 4.74 Å². The molecule has 0 unspecified atom stereocenters. The SMILES string of the molecule is COc1ccc(Br)cc1CNCCl. The zero-order valence-corrected chi connectivity index (χ0v) is 9.65. The highest BCUT2D eigenvalue weighted by molar-refractivity contribution is 9.10. The number of methoxy groups -OCH3 is 1. The third-order valence-corrected chi connectivity index (χ3v) is 2.33. The maximum Gasteiger partial charge on any atom is 0.123 e. The van der Waals surface area contributed by atoms with Gasteiger partial charge in [-0.15, -0.1) is 11.6 Å². The summed E-state index contributed by atoms with van der Waals surface area (Å²) in [6.07, 6.45) is 0. The second-order valence-electron chi connectivity index (χ2n) is 2.52. The maximum absolute atomic E-state index is 5.52. The molecule has 0 aromatic heterocycles. The van der Waals surface area contributed by atoms with E-state index in [4.69, 9.17) is 16.3 Å². The topological polar surface area (TPSA) is 21.3 Å². The fourth-order valence-electron chi connectivity index (χ4n) is 1.07. The highest BCUT2D eigenvalue weighted by Gasteiger charge is 2.02. The van der Waals surface area contributed by atoms with E-state index in [1.165, 1.54) is 0 Å². The lowest BCUT2D eigenvalue weighted by atomic mass is 10.2. The van der Waals surface area contributed by atoms with Crippen molar-refractivity contribution in [3.05, 3.63) is 28.2 Å². The van der Waals surface area contributed by atoms with E-state index in [-0.39, 0.29) is 0 Å². The van der Waals surface area contributed by atoms with Gasteiger partial charge in [-0.05, 0) is 18.2 Å². The molecule has 2 nitrogen and oxygen atoms in total. The zero-order valence-electron chi connectivity index (χ0n) is 7.31. The molecule has 72 valence electrons. The van der Waals surface area contributed by atoms with E-state index in [9.17, 15) is 0 Å². The second kappa shape index (κ2) is 5.47. The number of nitrogens with one attached hydrogen (secondary N) is 1. The van der Waals surface area contributed by atoms with Crippen molar-refractivity contribution in [2.24, 2.45) is 0 Å². The molecule has 1 aromatic rings. The first-order chi connectivity index (χ1) is 6.27. The number of halogens is 2. The molecule has 0 aliphatic heterocycles. The lowest BCUT2D eigenvalue weighted by molar-refractivity contribution is 0.408. The first kappa shape index (κ1) is 10.8. The third-order valence-electron chi connectivity index (χ3n) is 1.65. The molecule has 0 aliphatic rings. The van der Waals surface area contributed by atoms with Crippen molar-refractivity contribution in [2.75, 3.05) is 13.1 Å². The van der Waals surface area contributed by atoms with Gasteiger partial charge in [0, 0.05) is 16.6 Å². The van der Waals surface area contributed by atoms with E-state index >= 15 is 0 Å². The summed E-state index contributed by atoms with van der Waals surface area (Å²) in [6, 6.07) is 6.33. The molecule has 0 atom stereocenters. The molecular weight excluding hydrogens is 253 g/mol. The van der Waals surface area contributed by atoms with E-state index in [0.717, 1.165) is 15.8 Å².